The van der Waals surface area contributed by atoms with Crippen molar-refractivity contribution in [3.63, 3.8) is 0 Å². The Hall–Kier alpha value is -8.48. The van der Waals surface area contributed by atoms with E-state index in [0.717, 1.165) is 12.1 Å². The van der Waals surface area contributed by atoms with Gasteiger partial charge in [-0.25, -0.2) is 27.2 Å². The maximum absolute atomic E-state index is 16.4. The van der Waals surface area contributed by atoms with E-state index in [1.165, 1.54) is 140 Å². The van der Waals surface area contributed by atoms with E-state index in [-0.39, 0.29) is 114 Å². The first-order valence-electron chi connectivity index (χ1n) is 32.7. The lowest BCUT2D eigenvalue weighted by Crippen LogP contribution is -2.48. The van der Waals surface area contributed by atoms with Gasteiger partial charge in [0.1, 0.15) is 45.6 Å². The number of methoxy groups -OCH3 is 6. The zero-order valence-corrected chi connectivity index (χ0v) is 61.1. The van der Waals surface area contributed by atoms with E-state index in [4.69, 9.17) is 74.8 Å². The van der Waals surface area contributed by atoms with Gasteiger partial charge >= 0.3 is 23.9 Å². The van der Waals surface area contributed by atoms with Gasteiger partial charge in [-0.05, 0) is 132 Å². The molecule has 2 heterocycles. The van der Waals surface area contributed by atoms with Gasteiger partial charge in [0.05, 0.1) is 111 Å². The molecule has 6 aromatic carbocycles. The second kappa shape index (κ2) is 31.2. The lowest BCUT2D eigenvalue weighted by molar-refractivity contribution is -0.143. The largest absolute Gasteiger partial charge is 0.495 e. The van der Waals surface area contributed by atoms with Crippen LogP contribution in [-0.4, -0.2) is 125 Å². The Kier molecular flexibility index (Phi) is 23.8. The third-order valence-corrected chi connectivity index (χ3v) is 20.6. The average molecular weight is 1490 g/mol. The second-order valence-corrected chi connectivity index (χ2v) is 30.0. The molecule has 12 atom stereocenters. The van der Waals surface area contributed by atoms with Crippen molar-refractivity contribution in [3.05, 3.63) is 186 Å². The summed E-state index contributed by atoms with van der Waals surface area (Å²) in [5.41, 5.74) is -4.30. The molecular formula is C76H78Cl4F4N6O12. The highest BCUT2D eigenvalue weighted by Crippen LogP contribution is 2.61. The van der Waals surface area contributed by atoms with Crippen LogP contribution in [0.5, 0.6) is 11.5 Å². The minimum atomic E-state index is -1.88. The van der Waals surface area contributed by atoms with Crippen LogP contribution < -0.4 is 20.1 Å². The molecule has 0 bridgehead atoms. The SMILES string of the molecule is COC(=O)c1ccc(NC(=O)[C@H]2[C@H](c3cccc(Cl)c3F)[C@@](C#N)(c3ccc(Cl)cc3F)[C@H](CC(C)(C)C)N2C[C@@H]2C[C@H]2C(=O)OC)c(OC)c1.COC(=O)c1ccc(NC(=O)[C@H]2[C@H](c3cccc(Cl)c3F)[C@@](C#N)(c3ccc(Cl)cc3F)[C@H](CC(C)(C)C)N2C[C@H]2C[C@@H]2C(=O)OC)c(OC)c1. The molecule has 2 amide bonds. The predicted molar refractivity (Wildman–Crippen MR) is 376 cm³/mol. The number of hydrogen-bond donors (Lipinski definition) is 2. The van der Waals surface area contributed by atoms with E-state index in [9.17, 15) is 39.3 Å². The van der Waals surface area contributed by atoms with Crippen molar-refractivity contribution in [3.8, 4) is 23.6 Å². The number of hydrogen-bond acceptors (Lipinski definition) is 16. The van der Waals surface area contributed by atoms with E-state index < -0.39 is 128 Å². The summed E-state index contributed by atoms with van der Waals surface area (Å²) in [6.07, 6.45) is 1.46. The number of likely N-dealkylation sites (tertiary alicyclic amines) is 2. The monoisotopic (exact) mass is 1480 g/mol. The van der Waals surface area contributed by atoms with Crippen LogP contribution in [-0.2, 0) is 49.0 Å². The van der Waals surface area contributed by atoms with Crippen molar-refractivity contribution in [2.45, 2.75) is 114 Å². The molecule has 0 unspecified atom stereocenters. The standard InChI is InChI=1S/2C38H39Cl2F2N3O6/c2*1-37(2,3)17-30-38(19-43,25-12-11-22(39)16-27(25)41)31(23-8-7-9-26(40)32(23)42)33(45(30)18-21-14-24(21)36(48)51-6)34(46)44-28-13-10-20(35(47)50-5)15-29(28)49-4/h2*7-13,15-16,21,24,30-31,33H,14,17-18H2,1-6H3,(H,44,46)/t21-,24+,30+,31+,33-,38+;21-,24+,30-,31-,33+,38-/m10/s1. The second-order valence-electron chi connectivity index (χ2n) is 28.3. The summed E-state index contributed by atoms with van der Waals surface area (Å²) in [7, 11) is 7.79. The fraction of sp³-hybridized carbons (Fsp3) is 0.421. The molecule has 2 N–H and O–H groups in total. The number of anilines is 2. The van der Waals surface area contributed by atoms with Crippen molar-refractivity contribution < 1.29 is 74.8 Å². The summed E-state index contributed by atoms with van der Waals surface area (Å²) in [6.45, 7) is 12.0. The number of benzene rings is 6. The number of esters is 4. The van der Waals surface area contributed by atoms with Crippen molar-refractivity contribution >= 4 is 93.5 Å². The summed E-state index contributed by atoms with van der Waals surface area (Å²) in [4.78, 5) is 83.2. The Balaban J connectivity index is 0.000000237. The first-order chi connectivity index (χ1) is 48.2. The average Bonchev–Trinajstić information content (AvgIpc) is 1.54. The van der Waals surface area contributed by atoms with E-state index >= 15 is 17.6 Å². The van der Waals surface area contributed by atoms with Gasteiger partial charge in [-0.15, -0.1) is 0 Å². The van der Waals surface area contributed by atoms with E-state index in [2.05, 4.69) is 22.8 Å². The Labute approximate surface area is 609 Å². The summed E-state index contributed by atoms with van der Waals surface area (Å²) >= 11 is 25.1. The van der Waals surface area contributed by atoms with Gasteiger partial charge in [0.25, 0.3) is 0 Å². The highest BCUT2D eigenvalue weighted by molar-refractivity contribution is 6.31. The number of halogens is 8. The first-order valence-corrected chi connectivity index (χ1v) is 34.2. The molecule has 0 aromatic heterocycles. The van der Waals surface area contributed by atoms with E-state index in [1.807, 2.05) is 51.3 Å². The lowest BCUT2D eigenvalue weighted by Gasteiger charge is -2.39. The van der Waals surface area contributed by atoms with Crippen molar-refractivity contribution in [1.29, 1.82) is 10.5 Å². The summed E-state index contributed by atoms with van der Waals surface area (Å²) < 4.78 is 96.2. The van der Waals surface area contributed by atoms with Gasteiger partial charge < -0.3 is 39.1 Å². The molecular weight excluding hydrogens is 1410 g/mol. The first kappa shape index (κ1) is 77.7. The van der Waals surface area contributed by atoms with Crippen LogP contribution in [0.3, 0.4) is 0 Å². The van der Waals surface area contributed by atoms with Crippen LogP contribution in [0.2, 0.25) is 20.1 Å². The Bertz CT molecular complexity index is 4060. The van der Waals surface area contributed by atoms with Gasteiger partial charge in [-0.3, -0.25) is 29.0 Å². The molecule has 4 aliphatic rings. The maximum atomic E-state index is 16.4. The summed E-state index contributed by atoms with van der Waals surface area (Å²) in [5, 5.41) is 28.4. The maximum Gasteiger partial charge on any atom is 0.337 e. The minimum absolute atomic E-state index is 0.0614. The number of carbonyl (C=O) groups is 6. The van der Waals surface area contributed by atoms with Crippen LogP contribution in [0.25, 0.3) is 0 Å². The molecule has 18 nitrogen and oxygen atoms in total. The number of nitrogens with one attached hydrogen (secondary N) is 2. The molecule has 540 valence electrons. The van der Waals surface area contributed by atoms with Gasteiger partial charge in [0.2, 0.25) is 11.8 Å². The fourth-order valence-electron chi connectivity index (χ4n) is 14.9. The molecule has 2 aliphatic carbocycles. The zero-order chi connectivity index (χ0) is 74.8. The molecule has 2 aliphatic heterocycles. The van der Waals surface area contributed by atoms with Crippen LogP contribution in [0.1, 0.15) is 122 Å². The highest BCUT2D eigenvalue weighted by Gasteiger charge is 2.68. The Morgan fingerprint density at radius 2 is 0.882 bits per heavy atom. The van der Waals surface area contributed by atoms with Crippen LogP contribution in [0.15, 0.2) is 109 Å². The summed E-state index contributed by atoms with van der Waals surface area (Å²) in [6, 6.07) is 25.6. The fourth-order valence-corrected chi connectivity index (χ4v) is 15.6. The number of ether oxygens (including phenoxy) is 6. The smallest absolute Gasteiger partial charge is 0.337 e. The number of rotatable bonds is 20. The van der Waals surface area contributed by atoms with Crippen molar-refractivity contribution in [2.75, 3.05) is 66.4 Å². The zero-order valence-electron chi connectivity index (χ0n) is 58.1. The minimum Gasteiger partial charge on any atom is -0.495 e. The molecule has 0 spiro atoms. The molecule has 6 aromatic rings. The quantitative estimate of drug-likeness (QED) is 0.0411. The van der Waals surface area contributed by atoms with Crippen molar-refractivity contribution in [2.24, 2.45) is 34.5 Å². The highest BCUT2D eigenvalue weighted by atomic mass is 35.5. The van der Waals surface area contributed by atoms with Crippen molar-refractivity contribution in [1.82, 2.24) is 9.80 Å². The Morgan fingerprint density at radius 3 is 1.19 bits per heavy atom. The third kappa shape index (κ3) is 15.6. The number of carbonyl (C=O) groups excluding carboxylic acids is 6. The van der Waals surface area contributed by atoms with Gasteiger partial charge in [0.15, 0.2) is 0 Å². The van der Waals surface area contributed by atoms with E-state index in [0.29, 0.717) is 12.8 Å². The van der Waals surface area contributed by atoms with Crippen LogP contribution >= 0.6 is 46.4 Å². The molecule has 4 fully saturated rings. The Morgan fingerprint density at radius 1 is 0.520 bits per heavy atom. The normalized spacial score (nSPS) is 24.4. The van der Waals surface area contributed by atoms with Crippen LogP contribution in [0.4, 0.5) is 28.9 Å². The number of nitrogens with zero attached hydrogens (tertiary/aromatic N) is 4. The predicted octanol–water partition coefficient (Wildman–Crippen LogP) is 15.1. The molecule has 102 heavy (non-hydrogen) atoms. The molecule has 0 radical (unpaired) electrons. The van der Waals surface area contributed by atoms with Crippen LogP contribution in [0, 0.1) is 80.4 Å². The topological polar surface area (TPSA) is 236 Å². The van der Waals surface area contributed by atoms with Gasteiger partial charge in [-0.2, -0.15) is 10.5 Å². The van der Waals surface area contributed by atoms with Gasteiger partial charge in [0, 0.05) is 58.2 Å². The lowest BCUT2D eigenvalue weighted by atomic mass is 9.62. The molecule has 2 saturated carbocycles. The van der Waals surface area contributed by atoms with Gasteiger partial charge in [-0.1, -0.05) is 124 Å². The van der Waals surface area contributed by atoms with E-state index in [1.54, 1.807) is 0 Å². The third-order valence-electron chi connectivity index (χ3n) is 19.6. The number of nitriles is 2. The summed E-state index contributed by atoms with van der Waals surface area (Å²) in [5.74, 6) is -10.5. The number of amides is 2. The molecule has 10 rings (SSSR count). The molecule has 26 heteroatoms. The molecule has 2 saturated heterocycles.